The van der Waals surface area contributed by atoms with Gasteiger partial charge in [-0.1, -0.05) is 27.2 Å². The lowest BCUT2D eigenvalue weighted by Gasteiger charge is -2.21. The maximum Gasteiger partial charge on any atom is 0.326 e. The zero-order chi connectivity index (χ0) is 14.1. The number of carbonyl (C=O) groups is 2. The van der Waals surface area contributed by atoms with Gasteiger partial charge in [-0.05, 0) is 19.5 Å². The quantitative estimate of drug-likeness (QED) is 0.600. The van der Waals surface area contributed by atoms with Crippen molar-refractivity contribution in [3.05, 3.63) is 0 Å². The minimum Gasteiger partial charge on any atom is -0.480 e. The molecule has 0 aliphatic heterocycles. The van der Waals surface area contributed by atoms with Crippen LogP contribution in [-0.4, -0.2) is 54.7 Å². The van der Waals surface area contributed by atoms with Crippen molar-refractivity contribution in [3.8, 4) is 0 Å². The summed E-state index contributed by atoms with van der Waals surface area (Å²) in [7, 11) is 1.96. The number of carboxylic acids is 1. The van der Waals surface area contributed by atoms with E-state index in [4.69, 9.17) is 5.11 Å². The second kappa shape index (κ2) is 8.74. The van der Waals surface area contributed by atoms with E-state index in [1.807, 2.05) is 27.8 Å². The van der Waals surface area contributed by atoms with Gasteiger partial charge >= 0.3 is 12.0 Å². The molecule has 1 unspecified atom stereocenters. The summed E-state index contributed by atoms with van der Waals surface area (Å²) in [4.78, 5) is 24.6. The SMILES string of the molecule is CCC(C)[C@H](NC(=O)NCCN(C)CC)C(=O)O. The van der Waals surface area contributed by atoms with E-state index in [1.54, 1.807) is 0 Å². The molecule has 0 saturated carbocycles. The molecular weight excluding hydrogens is 234 g/mol. The molecule has 0 radical (unpaired) electrons. The van der Waals surface area contributed by atoms with Gasteiger partial charge in [-0.25, -0.2) is 9.59 Å². The van der Waals surface area contributed by atoms with Crippen molar-refractivity contribution in [2.24, 2.45) is 5.92 Å². The third-order valence-electron chi connectivity index (χ3n) is 3.08. The molecule has 0 aromatic carbocycles. The van der Waals surface area contributed by atoms with Gasteiger partial charge in [-0.3, -0.25) is 0 Å². The Kier molecular flexibility index (Phi) is 8.11. The number of hydrogen-bond donors (Lipinski definition) is 3. The first kappa shape index (κ1) is 16.7. The molecule has 3 N–H and O–H groups in total. The van der Waals surface area contributed by atoms with Crippen molar-refractivity contribution in [1.29, 1.82) is 0 Å². The van der Waals surface area contributed by atoms with Crippen LogP contribution in [0.25, 0.3) is 0 Å². The van der Waals surface area contributed by atoms with Crippen LogP contribution in [0.3, 0.4) is 0 Å². The highest BCUT2D eigenvalue weighted by Gasteiger charge is 2.24. The van der Waals surface area contributed by atoms with Crippen LogP contribution in [0, 0.1) is 5.92 Å². The molecule has 0 aromatic heterocycles. The van der Waals surface area contributed by atoms with Gasteiger partial charge in [-0.15, -0.1) is 0 Å². The van der Waals surface area contributed by atoms with Gasteiger partial charge in [0.2, 0.25) is 0 Å². The largest absolute Gasteiger partial charge is 0.480 e. The Hall–Kier alpha value is -1.30. The second-order valence-electron chi connectivity index (χ2n) is 4.50. The predicted octanol–water partition coefficient (Wildman–Crippen LogP) is 0.737. The molecule has 0 aromatic rings. The summed E-state index contributed by atoms with van der Waals surface area (Å²) in [5.41, 5.74) is 0. The standard InChI is InChI=1S/C12H25N3O3/c1-5-9(3)10(11(16)17)14-12(18)13-7-8-15(4)6-2/h9-10H,5-8H2,1-4H3,(H,16,17)(H2,13,14,18)/t9?,10-/m0/s1. The van der Waals surface area contributed by atoms with Crippen LogP contribution in [0.2, 0.25) is 0 Å². The summed E-state index contributed by atoms with van der Waals surface area (Å²) >= 11 is 0. The van der Waals surface area contributed by atoms with Crippen LogP contribution in [-0.2, 0) is 4.79 Å². The first-order valence-corrected chi connectivity index (χ1v) is 6.38. The molecular formula is C12H25N3O3. The lowest BCUT2D eigenvalue weighted by molar-refractivity contribution is -0.140. The Balaban J connectivity index is 4.07. The third-order valence-corrected chi connectivity index (χ3v) is 3.08. The zero-order valence-corrected chi connectivity index (χ0v) is 11.7. The molecule has 0 spiro atoms. The van der Waals surface area contributed by atoms with Crippen LogP contribution in [0.15, 0.2) is 0 Å². The Labute approximate surface area is 109 Å². The Bertz CT molecular complexity index is 271. The minimum atomic E-state index is -0.995. The molecule has 0 rings (SSSR count). The molecule has 0 fully saturated rings. The van der Waals surface area contributed by atoms with Crippen LogP contribution in [0.5, 0.6) is 0 Å². The number of nitrogens with zero attached hydrogens (tertiary/aromatic N) is 1. The van der Waals surface area contributed by atoms with Crippen LogP contribution < -0.4 is 10.6 Å². The Morgan fingerprint density at radius 1 is 1.33 bits per heavy atom. The van der Waals surface area contributed by atoms with E-state index in [0.29, 0.717) is 13.0 Å². The monoisotopic (exact) mass is 259 g/mol. The first-order chi connectivity index (χ1) is 8.42. The Morgan fingerprint density at radius 2 is 1.94 bits per heavy atom. The highest BCUT2D eigenvalue weighted by molar-refractivity contribution is 5.82. The summed E-state index contributed by atoms with van der Waals surface area (Å²) in [6, 6.07) is -1.26. The molecule has 0 saturated heterocycles. The molecule has 6 heteroatoms. The summed E-state index contributed by atoms with van der Waals surface area (Å²) in [6.07, 6.45) is 0.704. The average Bonchev–Trinajstić information content (AvgIpc) is 2.34. The van der Waals surface area contributed by atoms with E-state index in [1.165, 1.54) is 0 Å². The van der Waals surface area contributed by atoms with E-state index in [-0.39, 0.29) is 5.92 Å². The topological polar surface area (TPSA) is 81.7 Å². The van der Waals surface area contributed by atoms with Gasteiger partial charge in [0, 0.05) is 13.1 Å². The van der Waals surface area contributed by atoms with Gasteiger partial charge in [0.15, 0.2) is 0 Å². The molecule has 0 aliphatic carbocycles. The Morgan fingerprint density at radius 3 is 2.39 bits per heavy atom. The molecule has 2 atom stereocenters. The van der Waals surface area contributed by atoms with E-state index >= 15 is 0 Å². The maximum atomic E-state index is 11.5. The second-order valence-corrected chi connectivity index (χ2v) is 4.50. The van der Waals surface area contributed by atoms with Crippen molar-refractivity contribution < 1.29 is 14.7 Å². The maximum absolute atomic E-state index is 11.5. The average molecular weight is 259 g/mol. The van der Waals surface area contributed by atoms with E-state index in [9.17, 15) is 9.59 Å². The third kappa shape index (κ3) is 6.44. The summed E-state index contributed by atoms with van der Waals surface area (Å²) in [5, 5.41) is 14.2. The number of hydrogen-bond acceptors (Lipinski definition) is 3. The van der Waals surface area contributed by atoms with Gasteiger partial charge in [-0.2, -0.15) is 0 Å². The molecule has 0 bridgehead atoms. The van der Waals surface area contributed by atoms with Crippen LogP contribution in [0.4, 0.5) is 4.79 Å². The number of amides is 2. The highest BCUT2D eigenvalue weighted by Crippen LogP contribution is 2.07. The zero-order valence-electron chi connectivity index (χ0n) is 11.7. The number of nitrogens with one attached hydrogen (secondary N) is 2. The summed E-state index contributed by atoms with van der Waals surface area (Å²) in [6.45, 7) is 7.89. The summed E-state index contributed by atoms with van der Waals surface area (Å²) in [5.74, 6) is -1.09. The minimum absolute atomic E-state index is 0.0911. The fourth-order valence-electron chi connectivity index (χ4n) is 1.39. The molecule has 106 valence electrons. The number of carboxylic acid groups (broad SMARTS) is 1. The van der Waals surface area contributed by atoms with Crippen molar-refractivity contribution in [2.75, 3.05) is 26.7 Å². The van der Waals surface area contributed by atoms with Crippen molar-refractivity contribution in [2.45, 2.75) is 33.2 Å². The molecule has 0 heterocycles. The number of likely N-dealkylation sites (N-methyl/N-ethyl adjacent to an activating group) is 1. The van der Waals surface area contributed by atoms with Crippen molar-refractivity contribution in [1.82, 2.24) is 15.5 Å². The number of carbonyl (C=O) groups excluding carboxylic acids is 1. The lowest BCUT2D eigenvalue weighted by Crippen LogP contribution is -2.50. The number of aliphatic carboxylic acids is 1. The number of urea groups is 1. The van der Waals surface area contributed by atoms with Crippen molar-refractivity contribution >= 4 is 12.0 Å². The fourth-order valence-corrected chi connectivity index (χ4v) is 1.39. The van der Waals surface area contributed by atoms with Crippen LogP contribution >= 0.6 is 0 Å². The fraction of sp³-hybridized carbons (Fsp3) is 0.833. The van der Waals surface area contributed by atoms with Gasteiger partial charge in [0.25, 0.3) is 0 Å². The van der Waals surface area contributed by atoms with E-state index in [0.717, 1.165) is 13.1 Å². The normalized spacial score (nSPS) is 14.1. The van der Waals surface area contributed by atoms with E-state index < -0.39 is 18.0 Å². The molecule has 2 amide bonds. The predicted molar refractivity (Wildman–Crippen MR) is 70.6 cm³/mol. The first-order valence-electron chi connectivity index (χ1n) is 6.38. The van der Waals surface area contributed by atoms with Crippen LogP contribution in [0.1, 0.15) is 27.2 Å². The molecule has 6 nitrogen and oxygen atoms in total. The number of rotatable bonds is 8. The van der Waals surface area contributed by atoms with Gasteiger partial charge in [0.1, 0.15) is 6.04 Å². The molecule has 18 heavy (non-hydrogen) atoms. The highest BCUT2D eigenvalue weighted by atomic mass is 16.4. The molecule has 0 aliphatic rings. The van der Waals surface area contributed by atoms with Gasteiger partial charge < -0.3 is 20.6 Å². The van der Waals surface area contributed by atoms with Crippen molar-refractivity contribution in [3.63, 3.8) is 0 Å². The van der Waals surface area contributed by atoms with E-state index in [2.05, 4.69) is 15.5 Å². The lowest BCUT2D eigenvalue weighted by atomic mass is 9.99. The smallest absolute Gasteiger partial charge is 0.326 e. The van der Waals surface area contributed by atoms with Gasteiger partial charge in [0.05, 0.1) is 0 Å². The summed E-state index contributed by atoms with van der Waals surface area (Å²) < 4.78 is 0.